The predicted molar refractivity (Wildman–Crippen MR) is 77.1 cm³/mol. The van der Waals surface area contributed by atoms with Gasteiger partial charge in [-0.15, -0.1) is 0 Å². The quantitative estimate of drug-likeness (QED) is 0.773. The fourth-order valence-electron chi connectivity index (χ4n) is 1.76. The van der Waals surface area contributed by atoms with Gasteiger partial charge in [0.1, 0.15) is 0 Å². The number of hydrogen-bond donors (Lipinski definition) is 0. The summed E-state index contributed by atoms with van der Waals surface area (Å²) in [5, 5.41) is 9.14. The van der Waals surface area contributed by atoms with Crippen LogP contribution in [0.25, 0.3) is 0 Å². The minimum absolute atomic E-state index is 0.135. The van der Waals surface area contributed by atoms with Gasteiger partial charge in [0.05, 0.1) is 17.6 Å². The summed E-state index contributed by atoms with van der Waals surface area (Å²) in [4.78, 5) is 0.205. The molecule has 0 saturated carbocycles. The fraction of sp³-hybridized carbons (Fsp3) is 0.462. The number of sulfonamides is 1. The number of aryl methyl sites for hydroxylation is 1. The molecule has 5 nitrogen and oxygen atoms in total. The molecule has 1 aromatic rings. The maximum Gasteiger partial charge on any atom is 0.243 e. The summed E-state index contributed by atoms with van der Waals surface area (Å²) >= 11 is 5.84. The van der Waals surface area contributed by atoms with Gasteiger partial charge in [-0.05, 0) is 30.7 Å². The molecule has 0 aromatic heterocycles. The molecule has 0 saturated heterocycles. The molecule has 0 N–H and O–H groups in total. The van der Waals surface area contributed by atoms with E-state index in [1.165, 1.54) is 17.5 Å². The van der Waals surface area contributed by atoms with Crippen LogP contribution in [-0.4, -0.2) is 39.5 Å². The monoisotopic (exact) mass is 316 g/mol. The predicted octanol–water partition coefficient (Wildman–Crippen LogP) is 2.20. The molecule has 0 aliphatic heterocycles. The molecule has 110 valence electrons. The van der Waals surface area contributed by atoms with Gasteiger partial charge in [-0.1, -0.05) is 11.6 Å². The van der Waals surface area contributed by atoms with Crippen molar-refractivity contribution in [2.45, 2.75) is 18.2 Å². The molecule has 0 fully saturated rings. The Labute approximate surface area is 124 Å². The van der Waals surface area contributed by atoms with Gasteiger partial charge in [-0.2, -0.15) is 9.57 Å². The van der Waals surface area contributed by atoms with Crippen LogP contribution in [0.15, 0.2) is 23.1 Å². The summed E-state index contributed by atoms with van der Waals surface area (Å²) in [5.74, 6) is 0. The van der Waals surface area contributed by atoms with E-state index in [0.717, 1.165) is 0 Å². The summed E-state index contributed by atoms with van der Waals surface area (Å²) in [7, 11) is -2.15. The molecule has 0 unspecified atom stereocenters. The molecule has 0 heterocycles. The zero-order valence-electron chi connectivity index (χ0n) is 11.5. The minimum atomic E-state index is -3.65. The van der Waals surface area contributed by atoms with Crippen molar-refractivity contribution >= 4 is 21.6 Å². The van der Waals surface area contributed by atoms with E-state index in [2.05, 4.69) is 0 Å². The largest absolute Gasteiger partial charge is 0.383 e. The van der Waals surface area contributed by atoms with E-state index in [0.29, 0.717) is 10.6 Å². The molecule has 0 aliphatic rings. The number of hydrogen-bond acceptors (Lipinski definition) is 4. The van der Waals surface area contributed by atoms with E-state index in [9.17, 15) is 8.42 Å². The second kappa shape index (κ2) is 7.60. The van der Waals surface area contributed by atoms with Crippen LogP contribution in [0.5, 0.6) is 0 Å². The fourth-order valence-corrected chi connectivity index (χ4v) is 3.62. The molecule has 0 atom stereocenters. The second-order valence-electron chi connectivity index (χ2n) is 4.21. The Hall–Kier alpha value is -1.13. The number of nitrogens with zero attached hydrogens (tertiary/aromatic N) is 2. The summed E-state index contributed by atoms with van der Waals surface area (Å²) in [6, 6.07) is 6.59. The van der Waals surface area contributed by atoms with Crippen LogP contribution >= 0.6 is 11.6 Å². The maximum atomic E-state index is 12.6. The zero-order valence-corrected chi connectivity index (χ0v) is 13.0. The lowest BCUT2D eigenvalue weighted by molar-refractivity contribution is 0.179. The summed E-state index contributed by atoms with van der Waals surface area (Å²) in [5.41, 5.74) is 0.580. The van der Waals surface area contributed by atoms with Crippen LogP contribution in [-0.2, 0) is 14.8 Å². The average Bonchev–Trinajstić information content (AvgIpc) is 2.38. The standard InChI is InChI=1S/C13H17ClN2O3S/c1-11-10-12(14)4-5-13(11)20(17,18)16(7-3-6-15)8-9-19-2/h4-5,10H,3,7-9H2,1-2H3. The highest BCUT2D eigenvalue weighted by molar-refractivity contribution is 7.89. The number of halogens is 1. The first-order valence-electron chi connectivity index (χ1n) is 6.05. The van der Waals surface area contributed by atoms with E-state index < -0.39 is 10.0 Å². The molecular weight excluding hydrogens is 300 g/mol. The van der Waals surface area contributed by atoms with Crippen LogP contribution in [0.4, 0.5) is 0 Å². The molecular formula is C13H17ClN2O3S. The van der Waals surface area contributed by atoms with E-state index in [1.807, 2.05) is 6.07 Å². The van der Waals surface area contributed by atoms with Crippen molar-refractivity contribution in [2.24, 2.45) is 0 Å². The number of nitriles is 1. The summed E-state index contributed by atoms with van der Waals surface area (Å²) in [6.45, 7) is 2.32. The Kier molecular flexibility index (Phi) is 6.43. The van der Waals surface area contributed by atoms with Gasteiger partial charge in [0, 0.05) is 31.6 Å². The molecule has 20 heavy (non-hydrogen) atoms. The topological polar surface area (TPSA) is 70.4 Å². The Morgan fingerprint density at radius 1 is 1.40 bits per heavy atom. The van der Waals surface area contributed by atoms with Crippen molar-refractivity contribution in [2.75, 3.05) is 26.8 Å². The van der Waals surface area contributed by atoms with Gasteiger partial charge in [0.15, 0.2) is 0 Å². The highest BCUT2D eigenvalue weighted by Crippen LogP contribution is 2.23. The van der Waals surface area contributed by atoms with Crippen molar-refractivity contribution in [3.05, 3.63) is 28.8 Å². The SMILES string of the molecule is COCCN(CCC#N)S(=O)(=O)c1ccc(Cl)cc1C. The third-order valence-electron chi connectivity index (χ3n) is 2.77. The lowest BCUT2D eigenvalue weighted by Crippen LogP contribution is -2.35. The maximum absolute atomic E-state index is 12.6. The third-order valence-corrected chi connectivity index (χ3v) is 5.07. The lowest BCUT2D eigenvalue weighted by Gasteiger charge is -2.21. The number of benzene rings is 1. The minimum Gasteiger partial charge on any atom is -0.383 e. The smallest absolute Gasteiger partial charge is 0.243 e. The first-order valence-corrected chi connectivity index (χ1v) is 7.87. The van der Waals surface area contributed by atoms with Crippen molar-refractivity contribution in [3.63, 3.8) is 0 Å². The third kappa shape index (κ3) is 4.18. The normalized spacial score (nSPS) is 11.6. The van der Waals surface area contributed by atoms with Crippen LogP contribution in [0.3, 0.4) is 0 Å². The second-order valence-corrected chi connectivity index (χ2v) is 6.56. The first kappa shape index (κ1) is 16.9. The Morgan fingerprint density at radius 3 is 2.65 bits per heavy atom. The van der Waals surface area contributed by atoms with Crippen LogP contribution in [0.1, 0.15) is 12.0 Å². The van der Waals surface area contributed by atoms with Crippen molar-refractivity contribution in [1.82, 2.24) is 4.31 Å². The van der Waals surface area contributed by atoms with Crippen molar-refractivity contribution in [3.8, 4) is 6.07 Å². The van der Waals surface area contributed by atoms with Crippen LogP contribution < -0.4 is 0 Å². The molecule has 0 aliphatic carbocycles. The van der Waals surface area contributed by atoms with Crippen LogP contribution in [0.2, 0.25) is 5.02 Å². The molecule has 1 aromatic carbocycles. The van der Waals surface area contributed by atoms with Gasteiger partial charge in [0.25, 0.3) is 0 Å². The highest BCUT2D eigenvalue weighted by atomic mass is 35.5. The van der Waals surface area contributed by atoms with Gasteiger partial charge < -0.3 is 4.74 Å². The van der Waals surface area contributed by atoms with Crippen molar-refractivity contribution in [1.29, 1.82) is 5.26 Å². The number of methoxy groups -OCH3 is 1. The van der Waals surface area contributed by atoms with Gasteiger partial charge >= 0.3 is 0 Å². The van der Waals surface area contributed by atoms with E-state index in [4.69, 9.17) is 21.6 Å². The van der Waals surface area contributed by atoms with Gasteiger partial charge in [-0.3, -0.25) is 0 Å². The molecule has 1 rings (SSSR count). The molecule has 0 bridgehead atoms. The van der Waals surface area contributed by atoms with E-state index in [-0.39, 0.29) is 31.0 Å². The summed E-state index contributed by atoms with van der Waals surface area (Å²) < 4.78 is 31.4. The van der Waals surface area contributed by atoms with Gasteiger partial charge in [-0.25, -0.2) is 8.42 Å². The Balaban J connectivity index is 3.11. The van der Waals surface area contributed by atoms with Gasteiger partial charge in [0.2, 0.25) is 10.0 Å². The van der Waals surface area contributed by atoms with Crippen LogP contribution in [0, 0.1) is 18.3 Å². The Morgan fingerprint density at radius 2 is 2.10 bits per heavy atom. The number of ether oxygens (including phenoxy) is 1. The Bertz CT molecular complexity index is 596. The van der Waals surface area contributed by atoms with E-state index >= 15 is 0 Å². The molecule has 7 heteroatoms. The molecule has 0 amide bonds. The molecule has 0 spiro atoms. The first-order chi connectivity index (χ1) is 9.43. The van der Waals surface area contributed by atoms with E-state index in [1.54, 1.807) is 19.1 Å². The lowest BCUT2D eigenvalue weighted by atomic mass is 10.2. The zero-order chi connectivity index (χ0) is 15.2. The average molecular weight is 317 g/mol. The number of rotatable bonds is 7. The summed E-state index contributed by atoms with van der Waals surface area (Å²) in [6.07, 6.45) is 0.135. The van der Waals surface area contributed by atoms with Crippen molar-refractivity contribution < 1.29 is 13.2 Å². The molecule has 0 radical (unpaired) electrons. The highest BCUT2D eigenvalue weighted by Gasteiger charge is 2.25.